The Kier molecular flexibility index (Phi) is 7.77. The van der Waals surface area contributed by atoms with Crippen molar-refractivity contribution < 1.29 is 14.0 Å². The Balaban J connectivity index is 1.89. The first-order valence-corrected chi connectivity index (χ1v) is 11.3. The van der Waals surface area contributed by atoms with Gasteiger partial charge in [-0.15, -0.1) is 0 Å². The van der Waals surface area contributed by atoms with E-state index in [-0.39, 0.29) is 17.9 Å². The van der Waals surface area contributed by atoms with Gasteiger partial charge in [0.05, 0.1) is 6.26 Å². The van der Waals surface area contributed by atoms with Crippen LogP contribution in [0.25, 0.3) is 0 Å². The standard InChI is InChI=1S/C25H35N3O3/c1-18(2)15-24(29)26-20-12-13-22(27(3)4)19(16-20)17-28(21-9-6-5-7-10-21)25(30)23-11-8-14-31-23/h8,11-14,16,18,21H,5-7,9-10,15,17H2,1-4H3,(H,26,29). The Hall–Kier alpha value is -2.76. The van der Waals surface area contributed by atoms with Gasteiger partial charge in [0.25, 0.3) is 5.91 Å². The van der Waals surface area contributed by atoms with E-state index in [0.717, 1.165) is 42.6 Å². The van der Waals surface area contributed by atoms with Gasteiger partial charge in [-0.1, -0.05) is 33.1 Å². The van der Waals surface area contributed by atoms with Gasteiger partial charge in [0.1, 0.15) is 0 Å². The van der Waals surface area contributed by atoms with Crippen molar-refractivity contribution in [2.24, 2.45) is 5.92 Å². The van der Waals surface area contributed by atoms with Crippen LogP contribution in [0.4, 0.5) is 11.4 Å². The number of hydrogen-bond acceptors (Lipinski definition) is 4. The Morgan fingerprint density at radius 1 is 1.13 bits per heavy atom. The van der Waals surface area contributed by atoms with Gasteiger partial charge in [-0.05, 0) is 54.7 Å². The summed E-state index contributed by atoms with van der Waals surface area (Å²) in [7, 11) is 3.99. The third-order valence-corrected chi connectivity index (χ3v) is 5.79. The van der Waals surface area contributed by atoms with Crippen molar-refractivity contribution in [1.82, 2.24) is 4.90 Å². The molecule has 0 unspecified atom stereocenters. The lowest BCUT2D eigenvalue weighted by Gasteiger charge is -2.35. The zero-order chi connectivity index (χ0) is 22.4. The van der Waals surface area contributed by atoms with Gasteiger partial charge in [-0.3, -0.25) is 9.59 Å². The molecular formula is C25H35N3O3. The van der Waals surface area contributed by atoms with E-state index in [2.05, 4.69) is 5.32 Å². The lowest BCUT2D eigenvalue weighted by Crippen LogP contribution is -2.41. The summed E-state index contributed by atoms with van der Waals surface area (Å²) in [4.78, 5) is 29.6. The first kappa shape index (κ1) is 22.9. The van der Waals surface area contributed by atoms with Gasteiger partial charge < -0.3 is 19.5 Å². The molecule has 0 saturated heterocycles. The van der Waals surface area contributed by atoms with Gasteiger partial charge in [-0.25, -0.2) is 0 Å². The molecule has 0 radical (unpaired) electrons. The van der Waals surface area contributed by atoms with Crippen LogP contribution in [0.2, 0.25) is 0 Å². The average molecular weight is 426 g/mol. The molecule has 31 heavy (non-hydrogen) atoms. The second-order valence-electron chi connectivity index (χ2n) is 9.09. The normalized spacial score (nSPS) is 14.5. The molecule has 1 aliphatic carbocycles. The molecule has 1 aromatic carbocycles. The molecule has 6 heteroatoms. The van der Waals surface area contributed by atoms with Gasteiger partial charge in [0.2, 0.25) is 5.91 Å². The fourth-order valence-electron chi connectivity index (χ4n) is 4.29. The molecule has 1 saturated carbocycles. The van der Waals surface area contributed by atoms with Crippen LogP contribution in [0, 0.1) is 5.92 Å². The Labute approximate surface area is 185 Å². The van der Waals surface area contributed by atoms with Gasteiger partial charge >= 0.3 is 0 Å². The summed E-state index contributed by atoms with van der Waals surface area (Å²) in [6.07, 6.45) is 7.54. The number of amides is 2. The summed E-state index contributed by atoms with van der Waals surface area (Å²) in [6, 6.07) is 9.61. The van der Waals surface area contributed by atoms with Crippen LogP contribution in [0.5, 0.6) is 0 Å². The van der Waals surface area contributed by atoms with E-state index in [1.807, 2.05) is 55.9 Å². The second kappa shape index (κ2) is 10.5. The van der Waals surface area contributed by atoms with Crippen molar-refractivity contribution in [2.45, 2.75) is 65.0 Å². The summed E-state index contributed by atoms with van der Waals surface area (Å²) in [5.41, 5.74) is 2.81. The molecule has 1 aromatic heterocycles. The van der Waals surface area contributed by atoms with Crippen LogP contribution >= 0.6 is 0 Å². The zero-order valence-corrected chi connectivity index (χ0v) is 19.2. The maximum Gasteiger partial charge on any atom is 0.290 e. The highest BCUT2D eigenvalue weighted by Gasteiger charge is 2.28. The summed E-state index contributed by atoms with van der Waals surface area (Å²) in [5.74, 6) is 0.608. The molecule has 1 heterocycles. The van der Waals surface area contributed by atoms with E-state index in [4.69, 9.17) is 4.42 Å². The Morgan fingerprint density at radius 3 is 2.48 bits per heavy atom. The number of carbonyl (C=O) groups is 2. The summed E-state index contributed by atoms with van der Waals surface area (Å²) in [5, 5.41) is 3.01. The number of nitrogens with zero attached hydrogens (tertiary/aromatic N) is 2. The van der Waals surface area contributed by atoms with Crippen molar-refractivity contribution in [3.8, 4) is 0 Å². The van der Waals surface area contributed by atoms with Crippen LogP contribution in [0.15, 0.2) is 41.0 Å². The van der Waals surface area contributed by atoms with Crippen molar-refractivity contribution in [2.75, 3.05) is 24.3 Å². The van der Waals surface area contributed by atoms with Crippen LogP contribution in [0.3, 0.4) is 0 Å². The van der Waals surface area contributed by atoms with E-state index in [9.17, 15) is 9.59 Å². The molecule has 0 spiro atoms. The minimum atomic E-state index is -0.0733. The number of anilines is 2. The predicted molar refractivity (Wildman–Crippen MR) is 124 cm³/mol. The minimum Gasteiger partial charge on any atom is -0.459 e. The number of rotatable bonds is 8. The maximum absolute atomic E-state index is 13.3. The largest absolute Gasteiger partial charge is 0.459 e. The topological polar surface area (TPSA) is 65.8 Å². The van der Waals surface area contributed by atoms with Crippen LogP contribution in [0.1, 0.15) is 68.5 Å². The molecule has 2 aromatic rings. The fourth-order valence-corrected chi connectivity index (χ4v) is 4.29. The summed E-state index contributed by atoms with van der Waals surface area (Å²) >= 11 is 0. The molecule has 6 nitrogen and oxygen atoms in total. The number of furan rings is 1. The molecule has 168 valence electrons. The number of carbonyl (C=O) groups excluding carboxylic acids is 2. The van der Waals surface area contributed by atoms with Gasteiger partial charge in [0, 0.05) is 44.5 Å². The quantitative estimate of drug-likeness (QED) is 0.623. The Bertz CT molecular complexity index is 868. The van der Waals surface area contributed by atoms with E-state index in [1.54, 1.807) is 18.4 Å². The van der Waals surface area contributed by atoms with Crippen LogP contribution in [-0.2, 0) is 11.3 Å². The highest BCUT2D eigenvalue weighted by atomic mass is 16.3. The fraction of sp³-hybridized carbons (Fsp3) is 0.520. The molecule has 0 aliphatic heterocycles. The summed E-state index contributed by atoms with van der Waals surface area (Å²) < 4.78 is 5.44. The van der Waals surface area contributed by atoms with E-state index in [0.29, 0.717) is 24.6 Å². The lowest BCUT2D eigenvalue weighted by atomic mass is 9.93. The number of benzene rings is 1. The molecule has 1 aliphatic rings. The van der Waals surface area contributed by atoms with Crippen molar-refractivity contribution >= 4 is 23.2 Å². The number of hydrogen-bond donors (Lipinski definition) is 1. The zero-order valence-electron chi connectivity index (χ0n) is 19.2. The van der Waals surface area contributed by atoms with Crippen molar-refractivity contribution in [3.63, 3.8) is 0 Å². The Morgan fingerprint density at radius 2 is 1.87 bits per heavy atom. The molecule has 0 bridgehead atoms. The van der Waals surface area contributed by atoms with E-state index < -0.39 is 0 Å². The molecule has 3 rings (SSSR count). The summed E-state index contributed by atoms with van der Waals surface area (Å²) in [6.45, 7) is 4.54. The highest BCUT2D eigenvalue weighted by molar-refractivity contribution is 5.92. The molecular weight excluding hydrogens is 390 g/mol. The van der Waals surface area contributed by atoms with Gasteiger partial charge in [-0.2, -0.15) is 0 Å². The SMILES string of the molecule is CC(C)CC(=O)Nc1ccc(N(C)C)c(CN(C(=O)c2ccco2)C2CCCCC2)c1. The van der Waals surface area contributed by atoms with Crippen LogP contribution in [-0.4, -0.2) is 36.9 Å². The van der Waals surface area contributed by atoms with Gasteiger partial charge in [0.15, 0.2) is 5.76 Å². The minimum absolute atomic E-state index is 0.00866. The molecule has 2 amide bonds. The van der Waals surface area contributed by atoms with E-state index in [1.165, 1.54) is 6.42 Å². The maximum atomic E-state index is 13.3. The number of nitrogens with one attached hydrogen (secondary N) is 1. The van der Waals surface area contributed by atoms with Crippen LogP contribution < -0.4 is 10.2 Å². The third kappa shape index (κ3) is 6.12. The van der Waals surface area contributed by atoms with Crippen molar-refractivity contribution in [3.05, 3.63) is 47.9 Å². The smallest absolute Gasteiger partial charge is 0.290 e. The van der Waals surface area contributed by atoms with Crippen molar-refractivity contribution in [1.29, 1.82) is 0 Å². The second-order valence-corrected chi connectivity index (χ2v) is 9.09. The predicted octanol–water partition coefficient (Wildman–Crippen LogP) is 5.31. The molecule has 1 fully saturated rings. The first-order valence-electron chi connectivity index (χ1n) is 11.3. The molecule has 0 atom stereocenters. The third-order valence-electron chi connectivity index (χ3n) is 5.79. The van der Waals surface area contributed by atoms with E-state index >= 15 is 0 Å². The highest BCUT2D eigenvalue weighted by Crippen LogP contribution is 2.30. The average Bonchev–Trinajstić information content (AvgIpc) is 3.26. The lowest BCUT2D eigenvalue weighted by molar-refractivity contribution is -0.116. The molecule has 1 N–H and O–H groups in total. The monoisotopic (exact) mass is 425 g/mol. The first-order chi connectivity index (χ1) is 14.8.